The van der Waals surface area contributed by atoms with Gasteiger partial charge in [-0.3, -0.25) is 4.79 Å². The fourth-order valence-electron chi connectivity index (χ4n) is 1.63. The predicted molar refractivity (Wildman–Crippen MR) is 107 cm³/mol. The molecule has 0 heterocycles. The average molecular weight is 560 g/mol. The van der Waals surface area contributed by atoms with Gasteiger partial charge < -0.3 is 4.74 Å². The number of halogens is 5. The van der Waals surface area contributed by atoms with E-state index < -0.39 is 5.91 Å². The zero-order valence-electron chi connectivity index (χ0n) is 11.8. The van der Waals surface area contributed by atoms with E-state index in [0.29, 0.717) is 30.3 Å². The zero-order valence-corrected chi connectivity index (χ0v) is 18.1. The predicted octanol–water partition coefficient (Wildman–Crippen LogP) is 5.81. The Hall–Kier alpha value is -0.600. The van der Waals surface area contributed by atoms with E-state index in [0.717, 1.165) is 4.47 Å². The van der Waals surface area contributed by atoms with Gasteiger partial charge in [-0.05, 0) is 50.1 Å². The van der Waals surface area contributed by atoms with Crippen LogP contribution in [0.1, 0.15) is 5.56 Å². The average Bonchev–Trinajstić information content (AvgIpc) is 2.50. The summed E-state index contributed by atoms with van der Waals surface area (Å²) in [5, 5.41) is 4.62. The highest BCUT2D eigenvalue weighted by Gasteiger charge is 2.10. The van der Waals surface area contributed by atoms with Crippen molar-refractivity contribution in [2.24, 2.45) is 5.10 Å². The number of nitrogens with one attached hydrogen (secondary N) is 1. The molecule has 126 valence electrons. The Morgan fingerprint density at radius 2 is 1.88 bits per heavy atom. The summed E-state index contributed by atoms with van der Waals surface area (Å²) < 4.78 is 7.79. The number of hydrogen-bond acceptors (Lipinski definition) is 3. The highest BCUT2D eigenvalue weighted by Crippen LogP contribution is 2.36. The minimum atomic E-state index is -0.411. The topological polar surface area (TPSA) is 50.7 Å². The summed E-state index contributed by atoms with van der Waals surface area (Å²) in [6.45, 7) is -0.195. The number of carbonyl (C=O) groups is 1. The summed E-state index contributed by atoms with van der Waals surface area (Å²) in [6.07, 6.45) is 1.41. The number of hydrogen-bond donors (Lipinski definition) is 1. The highest BCUT2D eigenvalue weighted by atomic mass is 79.9. The highest BCUT2D eigenvalue weighted by molar-refractivity contribution is 9.11. The maximum atomic E-state index is 11.8. The molecule has 0 saturated carbocycles. The lowest BCUT2D eigenvalue weighted by Gasteiger charge is -2.10. The van der Waals surface area contributed by atoms with Gasteiger partial charge in [0.25, 0.3) is 5.91 Å². The van der Waals surface area contributed by atoms with Crippen LogP contribution in [0.2, 0.25) is 10.0 Å². The van der Waals surface area contributed by atoms with Crippen LogP contribution < -0.4 is 10.2 Å². The van der Waals surface area contributed by atoms with Crippen molar-refractivity contribution in [3.8, 4) is 5.75 Å². The molecule has 0 atom stereocenters. The maximum Gasteiger partial charge on any atom is 0.277 e. The van der Waals surface area contributed by atoms with E-state index in [1.54, 1.807) is 18.2 Å². The van der Waals surface area contributed by atoms with Crippen LogP contribution in [0.15, 0.2) is 48.9 Å². The van der Waals surface area contributed by atoms with Gasteiger partial charge in [0.2, 0.25) is 0 Å². The number of hydrazone groups is 1. The third-order valence-corrected chi connectivity index (χ3v) is 5.15. The minimum Gasteiger partial charge on any atom is -0.481 e. The zero-order chi connectivity index (χ0) is 17.7. The molecule has 2 rings (SSSR count). The molecule has 2 aromatic carbocycles. The van der Waals surface area contributed by atoms with Crippen molar-refractivity contribution in [3.05, 3.63) is 59.4 Å². The van der Waals surface area contributed by atoms with Gasteiger partial charge in [-0.1, -0.05) is 51.3 Å². The van der Waals surface area contributed by atoms with E-state index in [-0.39, 0.29) is 6.61 Å². The Labute approximate surface area is 173 Å². The van der Waals surface area contributed by atoms with Gasteiger partial charge in [0.05, 0.1) is 25.2 Å². The normalized spacial score (nSPS) is 10.9. The van der Waals surface area contributed by atoms with Crippen molar-refractivity contribution in [2.75, 3.05) is 6.61 Å². The number of ether oxygens (including phenoxy) is 1. The standard InChI is InChI=1S/C15H9Br3Cl2N2O2/c16-9-4-10(17)15(11(18)5-9)24-7-13(23)22-21-6-8-2-1-3-12(19)14(8)20/h1-6H,7H2,(H,22,23)/b21-6+. The number of rotatable bonds is 5. The van der Waals surface area contributed by atoms with E-state index in [1.807, 2.05) is 12.1 Å². The summed E-state index contributed by atoms with van der Waals surface area (Å²) in [5.41, 5.74) is 2.96. The van der Waals surface area contributed by atoms with E-state index >= 15 is 0 Å². The first-order chi connectivity index (χ1) is 11.4. The van der Waals surface area contributed by atoms with Gasteiger partial charge in [0.1, 0.15) is 5.75 Å². The number of amides is 1. The Morgan fingerprint density at radius 3 is 2.54 bits per heavy atom. The molecule has 0 fully saturated rings. The van der Waals surface area contributed by atoms with Crippen molar-refractivity contribution < 1.29 is 9.53 Å². The van der Waals surface area contributed by atoms with Crippen LogP contribution in [0.3, 0.4) is 0 Å². The van der Waals surface area contributed by atoms with Crippen LogP contribution in [0, 0.1) is 0 Å². The second-order valence-electron chi connectivity index (χ2n) is 4.42. The van der Waals surface area contributed by atoms with Crippen LogP contribution in [-0.2, 0) is 4.79 Å². The number of carbonyl (C=O) groups excluding carboxylic acids is 1. The molecule has 1 amide bonds. The largest absolute Gasteiger partial charge is 0.481 e. The van der Waals surface area contributed by atoms with Crippen LogP contribution in [0.25, 0.3) is 0 Å². The smallest absolute Gasteiger partial charge is 0.277 e. The van der Waals surface area contributed by atoms with Crippen LogP contribution in [0.4, 0.5) is 0 Å². The van der Waals surface area contributed by atoms with Crippen molar-refractivity contribution in [1.82, 2.24) is 5.43 Å². The Kier molecular flexibility index (Phi) is 7.56. The number of nitrogens with zero attached hydrogens (tertiary/aromatic N) is 1. The molecule has 0 aliphatic heterocycles. The van der Waals surface area contributed by atoms with E-state index in [9.17, 15) is 4.79 Å². The van der Waals surface area contributed by atoms with Gasteiger partial charge in [-0.15, -0.1) is 0 Å². The van der Waals surface area contributed by atoms with Gasteiger partial charge in [-0.2, -0.15) is 5.10 Å². The van der Waals surface area contributed by atoms with E-state index in [1.165, 1.54) is 6.21 Å². The molecular formula is C15H9Br3Cl2N2O2. The van der Waals surface area contributed by atoms with Crippen LogP contribution in [-0.4, -0.2) is 18.7 Å². The van der Waals surface area contributed by atoms with Crippen LogP contribution >= 0.6 is 71.0 Å². The second kappa shape index (κ2) is 9.20. The molecule has 1 N–H and O–H groups in total. The lowest BCUT2D eigenvalue weighted by molar-refractivity contribution is -0.123. The van der Waals surface area contributed by atoms with Crippen molar-refractivity contribution in [1.29, 1.82) is 0 Å². The van der Waals surface area contributed by atoms with E-state index in [2.05, 4.69) is 58.3 Å². The minimum absolute atomic E-state index is 0.195. The summed E-state index contributed by atoms with van der Waals surface area (Å²) in [5.74, 6) is 0.112. The third kappa shape index (κ3) is 5.46. The Morgan fingerprint density at radius 1 is 1.21 bits per heavy atom. The molecule has 0 aliphatic carbocycles. The summed E-state index contributed by atoms with van der Waals surface area (Å²) in [6, 6.07) is 8.77. The molecule has 4 nitrogen and oxygen atoms in total. The lowest BCUT2D eigenvalue weighted by atomic mass is 10.2. The molecular weight excluding hydrogens is 551 g/mol. The molecule has 0 aliphatic rings. The summed E-state index contributed by atoms with van der Waals surface area (Å²) in [7, 11) is 0. The molecule has 2 aromatic rings. The number of benzene rings is 2. The monoisotopic (exact) mass is 556 g/mol. The van der Waals surface area contributed by atoms with E-state index in [4.69, 9.17) is 27.9 Å². The van der Waals surface area contributed by atoms with Crippen molar-refractivity contribution in [2.45, 2.75) is 0 Å². The molecule has 0 spiro atoms. The molecule has 0 radical (unpaired) electrons. The Balaban J connectivity index is 1.92. The fraction of sp³-hybridized carbons (Fsp3) is 0.0667. The maximum absolute atomic E-state index is 11.8. The fourth-order valence-corrected chi connectivity index (χ4v) is 4.48. The van der Waals surface area contributed by atoms with Gasteiger partial charge in [0.15, 0.2) is 6.61 Å². The van der Waals surface area contributed by atoms with Crippen LogP contribution in [0.5, 0.6) is 5.75 Å². The molecule has 0 bridgehead atoms. The van der Waals surface area contributed by atoms with Gasteiger partial charge in [-0.25, -0.2) is 5.43 Å². The molecule has 0 aromatic heterocycles. The van der Waals surface area contributed by atoms with Crippen molar-refractivity contribution in [3.63, 3.8) is 0 Å². The third-order valence-electron chi connectivity index (χ3n) is 2.69. The Bertz CT molecular complexity index is 777. The summed E-state index contributed by atoms with van der Waals surface area (Å²) >= 11 is 22.0. The molecule has 9 heteroatoms. The molecule has 24 heavy (non-hydrogen) atoms. The van der Waals surface area contributed by atoms with Gasteiger partial charge in [0, 0.05) is 10.0 Å². The lowest BCUT2D eigenvalue weighted by Crippen LogP contribution is -2.24. The second-order valence-corrected chi connectivity index (χ2v) is 7.83. The SMILES string of the molecule is O=C(COc1c(Br)cc(Br)cc1Br)N/N=C/c1cccc(Cl)c1Cl. The quantitative estimate of drug-likeness (QED) is 0.371. The first kappa shape index (κ1) is 19.7. The first-order valence-corrected chi connectivity index (χ1v) is 9.55. The molecule has 0 unspecified atom stereocenters. The summed E-state index contributed by atoms with van der Waals surface area (Å²) in [4.78, 5) is 11.8. The first-order valence-electron chi connectivity index (χ1n) is 6.41. The molecule has 0 saturated heterocycles. The van der Waals surface area contributed by atoms with Gasteiger partial charge >= 0.3 is 0 Å². The van der Waals surface area contributed by atoms with Crippen molar-refractivity contribution >= 4 is 83.1 Å².